The summed E-state index contributed by atoms with van der Waals surface area (Å²) in [6.45, 7) is 3.39. The number of hydrogen-bond acceptors (Lipinski definition) is 1. The maximum atomic E-state index is 13.0. The van der Waals surface area contributed by atoms with Crippen LogP contribution in [-0.2, 0) is 6.42 Å². The normalized spacial score (nSPS) is 11.8. The summed E-state index contributed by atoms with van der Waals surface area (Å²) in [5.41, 5.74) is -4.38. The molecule has 0 nitrogen and oxygen atoms in total. The first-order valence-electron chi connectivity index (χ1n) is 3.76. The van der Waals surface area contributed by atoms with Gasteiger partial charge in [0.25, 0.3) is 0 Å². The van der Waals surface area contributed by atoms with Crippen LogP contribution in [0.3, 0.4) is 0 Å². The molecule has 0 amide bonds. The summed E-state index contributed by atoms with van der Waals surface area (Å²) in [5.74, 6) is -0.644. The van der Waals surface area contributed by atoms with Gasteiger partial charge in [0.15, 0.2) is 0 Å². The topological polar surface area (TPSA) is 0 Å². The molecule has 0 spiro atoms. The molecule has 77 valence electrons. The molecular formula is C9H7F4S. The van der Waals surface area contributed by atoms with E-state index in [9.17, 15) is 17.6 Å². The maximum Gasteiger partial charge on any atom is 0.446 e. The fraction of sp³-hybridized carbons (Fsp3) is 0.222. The predicted molar refractivity (Wildman–Crippen MR) is 47.4 cm³/mol. The number of alkyl halides is 3. The van der Waals surface area contributed by atoms with E-state index in [0.717, 1.165) is 6.07 Å². The monoisotopic (exact) mass is 223 g/mol. The molecule has 0 aromatic heterocycles. The molecule has 0 bridgehead atoms. The van der Waals surface area contributed by atoms with E-state index < -0.39 is 11.3 Å². The van der Waals surface area contributed by atoms with E-state index >= 15 is 0 Å². The van der Waals surface area contributed by atoms with E-state index in [1.807, 2.05) is 0 Å². The molecule has 0 aliphatic rings. The second kappa shape index (κ2) is 4.21. The molecule has 1 rings (SSSR count). The second-order valence-electron chi connectivity index (χ2n) is 2.51. The maximum absolute atomic E-state index is 13.0. The van der Waals surface area contributed by atoms with Gasteiger partial charge in [-0.15, -0.1) is 0 Å². The molecule has 0 saturated heterocycles. The lowest BCUT2D eigenvalue weighted by Gasteiger charge is -2.09. The van der Waals surface area contributed by atoms with Crippen LogP contribution in [0.15, 0.2) is 23.1 Å². The Morgan fingerprint density at radius 2 is 1.93 bits per heavy atom. The molecule has 0 heterocycles. The molecule has 5 heteroatoms. The highest BCUT2D eigenvalue weighted by molar-refractivity contribution is 8.00. The van der Waals surface area contributed by atoms with E-state index in [2.05, 4.69) is 6.92 Å². The van der Waals surface area contributed by atoms with E-state index in [4.69, 9.17) is 0 Å². The number of thioether (sulfide) groups is 1. The van der Waals surface area contributed by atoms with Crippen LogP contribution in [-0.4, -0.2) is 5.51 Å². The molecule has 14 heavy (non-hydrogen) atoms. The van der Waals surface area contributed by atoms with Crippen molar-refractivity contribution < 1.29 is 17.6 Å². The van der Waals surface area contributed by atoms with Crippen LogP contribution in [0, 0.1) is 12.7 Å². The fourth-order valence-electron chi connectivity index (χ4n) is 1.00. The van der Waals surface area contributed by atoms with E-state index in [1.165, 1.54) is 12.1 Å². The van der Waals surface area contributed by atoms with Gasteiger partial charge in [-0.25, -0.2) is 4.39 Å². The number of halogens is 4. The smallest absolute Gasteiger partial charge is 0.207 e. The molecule has 1 aromatic carbocycles. The summed E-state index contributed by atoms with van der Waals surface area (Å²) in [4.78, 5) is -0.118. The van der Waals surface area contributed by atoms with Crippen LogP contribution in [0.5, 0.6) is 0 Å². The van der Waals surface area contributed by atoms with Gasteiger partial charge >= 0.3 is 5.51 Å². The Hall–Kier alpha value is -0.710. The van der Waals surface area contributed by atoms with Crippen molar-refractivity contribution in [1.82, 2.24) is 0 Å². The summed E-state index contributed by atoms with van der Waals surface area (Å²) >= 11 is -0.314. The highest BCUT2D eigenvalue weighted by Gasteiger charge is 2.30. The minimum atomic E-state index is -4.39. The van der Waals surface area contributed by atoms with Crippen molar-refractivity contribution in [3.05, 3.63) is 36.5 Å². The van der Waals surface area contributed by atoms with Crippen LogP contribution in [0.2, 0.25) is 0 Å². The summed E-state index contributed by atoms with van der Waals surface area (Å²) in [5, 5.41) is 0. The SMILES string of the molecule is [CH2]Cc1c(F)cccc1SC(F)(F)F. The first-order valence-corrected chi connectivity index (χ1v) is 4.58. The van der Waals surface area contributed by atoms with Gasteiger partial charge in [0.05, 0.1) is 0 Å². The van der Waals surface area contributed by atoms with Crippen molar-refractivity contribution in [1.29, 1.82) is 0 Å². The van der Waals surface area contributed by atoms with Gasteiger partial charge in [-0.2, -0.15) is 13.2 Å². The molecule has 1 radical (unpaired) electrons. The second-order valence-corrected chi connectivity index (χ2v) is 3.62. The zero-order valence-electron chi connectivity index (χ0n) is 7.07. The zero-order valence-corrected chi connectivity index (χ0v) is 7.88. The molecule has 0 aliphatic heterocycles. The Morgan fingerprint density at radius 1 is 1.29 bits per heavy atom. The number of hydrogen-bond donors (Lipinski definition) is 0. The molecule has 0 atom stereocenters. The van der Waals surface area contributed by atoms with Crippen LogP contribution >= 0.6 is 11.8 Å². The van der Waals surface area contributed by atoms with Gasteiger partial charge in [0, 0.05) is 10.5 Å². The van der Waals surface area contributed by atoms with Crippen molar-refractivity contribution in [2.45, 2.75) is 16.8 Å². The summed E-state index contributed by atoms with van der Waals surface area (Å²) in [7, 11) is 0. The van der Waals surface area contributed by atoms with E-state index in [-0.39, 0.29) is 28.6 Å². The summed E-state index contributed by atoms with van der Waals surface area (Å²) in [6, 6.07) is 3.62. The number of rotatable bonds is 2. The molecule has 0 saturated carbocycles. The van der Waals surface area contributed by atoms with Gasteiger partial charge in [-0.05, 0) is 37.2 Å². The van der Waals surface area contributed by atoms with Gasteiger partial charge in [0.2, 0.25) is 0 Å². The first-order chi connectivity index (χ1) is 6.44. The minimum Gasteiger partial charge on any atom is -0.207 e. The minimum absolute atomic E-state index is 0.00505. The van der Waals surface area contributed by atoms with Crippen molar-refractivity contribution >= 4 is 11.8 Å². The van der Waals surface area contributed by atoms with Gasteiger partial charge in [0.1, 0.15) is 5.82 Å². The van der Waals surface area contributed by atoms with Crippen molar-refractivity contribution in [3.8, 4) is 0 Å². The largest absolute Gasteiger partial charge is 0.446 e. The first kappa shape index (κ1) is 11.4. The average molecular weight is 223 g/mol. The van der Waals surface area contributed by atoms with Gasteiger partial charge in [-0.3, -0.25) is 0 Å². The summed E-state index contributed by atoms with van der Waals surface area (Å²) < 4.78 is 49.0. The summed E-state index contributed by atoms with van der Waals surface area (Å²) in [6.07, 6.45) is 0.00505. The Bertz CT molecular complexity index is 319. The average Bonchev–Trinajstić information content (AvgIpc) is 2.01. The highest BCUT2D eigenvalue weighted by atomic mass is 32.2. The van der Waals surface area contributed by atoms with Gasteiger partial charge < -0.3 is 0 Å². The third-order valence-electron chi connectivity index (χ3n) is 1.55. The van der Waals surface area contributed by atoms with Crippen LogP contribution in [0.4, 0.5) is 17.6 Å². The Labute approximate surface area is 83.3 Å². The third kappa shape index (κ3) is 2.90. The lowest BCUT2D eigenvalue weighted by molar-refractivity contribution is -0.0328. The van der Waals surface area contributed by atoms with Crippen LogP contribution in [0.1, 0.15) is 5.56 Å². The van der Waals surface area contributed by atoms with Crippen LogP contribution < -0.4 is 0 Å². The Kier molecular flexibility index (Phi) is 3.42. The molecular weight excluding hydrogens is 216 g/mol. The quantitative estimate of drug-likeness (QED) is 0.542. The highest BCUT2D eigenvalue weighted by Crippen LogP contribution is 2.39. The number of benzene rings is 1. The predicted octanol–water partition coefficient (Wildman–Crippen LogP) is 3.81. The molecule has 0 unspecified atom stereocenters. The van der Waals surface area contributed by atoms with Crippen LogP contribution in [0.25, 0.3) is 0 Å². The van der Waals surface area contributed by atoms with Crippen molar-refractivity contribution in [2.75, 3.05) is 0 Å². The molecule has 0 N–H and O–H groups in total. The van der Waals surface area contributed by atoms with Crippen molar-refractivity contribution in [3.63, 3.8) is 0 Å². The molecule has 0 fully saturated rings. The Morgan fingerprint density at radius 3 is 2.43 bits per heavy atom. The van der Waals surface area contributed by atoms with Gasteiger partial charge in [-0.1, -0.05) is 6.07 Å². The standard InChI is InChI=1S/C9H7F4S/c1-2-6-7(10)4-3-5-8(6)14-9(11,12)13/h3-5H,1-2H2. The molecule has 0 aliphatic carbocycles. The van der Waals surface area contributed by atoms with E-state index in [1.54, 1.807) is 0 Å². The molecule has 1 aromatic rings. The lowest BCUT2D eigenvalue weighted by atomic mass is 10.1. The fourth-order valence-corrected chi connectivity index (χ4v) is 1.72. The third-order valence-corrected chi connectivity index (χ3v) is 2.39. The zero-order chi connectivity index (χ0) is 10.8. The lowest BCUT2D eigenvalue weighted by Crippen LogP contribution is -2.02. The van der Waals surface area contributed by atoms with E-state index in [0.29, 0.717) is 0 Å². The van der Waals surface area contributed by atoms with Crippen molar-refractivity contribution in [2.24, 2.45) is 0 Å². The Balaban J connectivity index is 3.02.